The molecule has 0 bridgehead atoms. The number of carboxylic acid groups (broad SMARTS) is 1. The van der Waals surface area contributed by atoms with Crippen LogP contribution in [0.2, 0.25) is 5.02 Å². The van der Waals surface area contributed by atoms with Gasteiger partial charge in [-0.05, 0) is 42.2 Å². The number of carbonyl (C=O) groups is 1. The van der Waals surface area contributed by atoms with Gasteiger partial charge in [-0.3, -0.25) is 4.79 Å². The smallest absolute Gasteiger partial charge is 0.314 e. The Balaban J connectivity index is 2.02. The van der Waals surface area contributed by atoms with E-state index in [1.165, 1.54) is 30.3 Å². The molecule has 5 heteroatoms. The first-order chi connectivity index (χ1) is 9.94. The molecule has 0 amide bonds. The number of aliphatic carboxylic acids is 1. The number of hydrogen-bond donors (Lipinski definition) is 1. The Morgan fingerprint density at radius 3 is 2.19 bits per heavy atom. The van der Waals surface area contributed by atoms with Gasteiger partial charge in [0, 0.05) is 5.56 Å². The second-order valence-corrected chi connectivity index (χ2v) is 5.62. The van der Waals surface area contributed by atoms with E-state index >= 15 is 0 Å². The zero-order valence-electron chi connectivity index (χ0n) is 10.9. The van der Waals surface area contributed by atoms with Crippen molar-refractivity contribution < 1.29 is 18.7 Å². The summed E-state index contributed by atoms with van der Waals surface area (Å²) in [6, 6.07) is 8.51. The second kappa shape index (κ2) is 4.81. The molecular formula is C16H11ClF2O2. The highest BCUT2D eigenvalue weighted by molar-refractivity contribution is 6.31. The van der Waals surface area contributed by atoms with Crippen LogP contribution in [0.4, 0.5) is 8.78 Å². The van der Waals surface area contributed by atoms with E-state index in [1.54, 1.807) is 6.07 Å². The maximum atomic E-state index is 14.2. The van der Waals surface area contributed by atoms with Gasteiger partial charge < -0.3 is 5.11 Å². The maximum absolute atomic E-state index is 14.2. The summed E-state index contributed by atoms with van der Waals surface area (Å²) in [6.45, 7) is 0. The normalized spacial score (nSPS) is 15.8. The lowest BCUT2D eigenvalue weighted by atomic mass is 9.93. The van der Waals surface area contributed by atoms with Gasteiger partial charge in [-0.25, -0.2) is 8.78 Å². The lowest BCUT2D eigenvalue weighted by Crippen LogP contribution is -2.20. The van der Waals surface area contributed by atoms with Gasteiger partial charge in [-0.15, -0.1) is 0 Å². The largest absolute Gasteiger partial charge is 0.481 e. The van der Waals surface area contributed by atoms with Crippen molar-refractivity contribution in [3.8, 4) is 11.1 Å². The first-order valence-electron chi connectivity index (χ1n) is 6.43. The van der Waals surface area contributed by atoms with Crippen molar-refractivity contribution >= 4 is 17.6 Å². The highest BCUT2D eigenvalue weighted by Crippen LogP contribution is 2.49. The predicted octanol–water partition coefficient (Wildman–Crippen LogP) is 4.40. The van der Waals surface area contributed by atoms with E-state index < -0.39 is 23.0 Å². The van der Waals surface area contributed by atoms with Crippen molar-refractivity contribution in [3.63, 3.8) is 0 Å². The van der Waals surface area contributed by atoms with Crippen molar-refractivity contribution in [2.75, 3.05) is 0 Å². The summed E-state index contributed by atoms with van der Waals surface area (Å²) in [5.41, 5.74) is 0.224. The standard InChI is InChI=1S/C16H11ClF2O2/c17-12-7-9(2-4-13(12)18)10-1-3-11(14(19)8-10)16(5-6-16)15(20)21/h1-4,7-8H,5-6H2,(H,20,21). The van der Waals surface area contributed by atoms with Gasteiger partial charge in [0.1, 0.15) is 11.6 Å². The van der Waals surface area contributed by atoms with E-state index in [0.29, 0.717) is 24.0 Å². The van der Waals surface area contributed by atoms with Crippen molar-refractivity contribution in [1.82, 2.24) is 0 Å². The Morgan fingerprint density at radius 1 is 1.05 bits per heavy atom. The molecule has 0 aromatic heterocycles. The molecule has 2 aromatic rings. The summed E-state index contributed by atoms with van der Waals surface area (Å²) >= 11 is 5.71. The number of carboxylic acids is 1. The molecule has 0 unspecified atom stereocenters. The topological polar surface area (TPSA) is 37.3 Å². The number of hydrogen-bond acceptors (Lipinski definition) is 1. The van der Waals surface area contributed by atoms with Crippen LogP contribution in [0.25, 0.3) is 11.1 Å². The molecule has 1 fully saturated rings. The van der Waals surface area contributed by atoms with Crippen molar-refractivity contribution in [3.05, 3.63) is 58.6 Å². The average molecular weight is 309 g/mol. The molecule has 0 spiro atoms. The molecule has 2 nitrogen and oxygen atoms in total. The van der Waals surface area contributed by atoms with Crippen LogP contribution < -0.4 is 0 Å². The fourth-order valence-corrected chi connectivity index (χ4v) is 2.66. The summed E-state index contributed by atoms with van der Waals surface area (Å²) in [7, 11) is 0. The van der Waals surface area contributed by atoms with E-state index in [2.05, 4.69) is 0 Å². The molecule has 0 radical (unpaired) electrons. The fraction of sp³-hybridized carbons (Fsp3) is 0.188. The number of benzene rings is 2. The van der Waals surface area contributed by atoms with Crippen molar-refractivity contribution in [2.24, 2.45) is 0 Å². The molecule has 1 aliphatic rings. The van der Waals surface area contributed by atoms with E-state index in [1.807, 2.05) is 0 Å². The molecule has 108 valence electrons. The van der Waals surface area contributed by atoms with Crippen LogP contribution in [0.15, 0.2) is 36.4 Å². The third kappa shape index (κ3) is 2.29. The summed E-state index contributed by atoms with van der Waals surface area (Å²) in [5.74, 6) is -2.10. The van der Waals surface area contributed by atoms with Gasteiger partial charge in [0.25, 0.3) is 0 Å². The first-order valence-corrected chi connectivity index (χ1v) is 6.81. The monoisotopic (exact) mass is 308 g/mol. The SMILES string of the molecule is O=C(O)C1(c2ccc(-c3ccc(F)c(Cl)c3)cc2F)CC1. The molecule has 2 aromatic carbocycles. The van der Waals surface area contributed by atoms with Crippen LogP contribution >= 0.6 is 11.6 Å². The summed E-state index contributed by atoms with van der Waals surface area (Å²) < 4.78 is 27.4. The van der Waals surface area contributed by atoms with Crippen molar-refractivity contribution in [2.45, 2.75) is 18.3 Å². The minimum absolute atomic E-state index is 0.0406. The molecule has 1 aliphatic carbocycles. The van der Waals surface area contributed by atoms with Crippen molar-refractivity contribution in [1.29, 1.82) is 0 Å². The Kier molecular flexibility index (Phi) is 3.21. The highest BCUT2D eigenvalue weighted by atomic mass is 35.5. The van der Waals surface area contributed by atoms with Crippen LogP contribution in [-0.4, -0.2) is 11.1 Å². The Morgan fingerprint density at radius 2 is 1.67 bits per heavy atom. The number of rotatable bonds is 3. The molecule has 1 saturated carbocycles. The average Bonchev–Trinajstić information content (AvgIpc) is 3.23. The second-order valence-electron chi connectivity index (χ2n) is 5.21. The van der Waals surface area contributed by atoms with Gasteiger partial charge in [0.15, 0.2) is 0 Å². The van der Waals surface area contributed by atoms with Crippen LogP contribution in [0.3, 0.4) is 0 Å². The zero-order chi connectivity index (χ0) is 15.2. The Hall–Kier alpha value is -1.94. The molecule has 1 N–H and O–H groups in total. The van der Waals surface area contributed by atoms with Crippen LogP contribution in [0.1, 0.15) is 18.4 Å². The first kappa shape index (κ1) is 14.0. The minimum atomic E-state index is -1.08. The summed E-state index contributed by atoms with van der Waals surface area (Å²) in [6.07, 6.45) is 0.891. The van der Waals surface area contributed by atoms with Gasteiger partial charge in [-0.1, -0.05) is 29.8 Å². The molecule has 0 saturated heterocycles. The van der Waals surface area contributed by atoms with E-state index in [9.17, 15) is 18.7 Å². The molecule has 0 aliphatic heterocycles. The minimum Gasteiger partial charge on any atom is -0.481 e. The van der Waals surface area contributed by atoms with Gasteiger partial charge >= 0.3 is 5.97 Å². The molecule has 3 rings (SSSR count). The number of halogens is 3. The lowest BCUT2D eigenvalue weighted by Gasteiger charge is -2.12. The van der Waals surface area contributed by atoms with Crippen LogP contribution in [0.5, 0.6) is 0 Å². The lowest BCUT2D eigenvalue weighted by molar-refractivity contribution is -0.140. The molecule has 0 atom stereocenters. The molecular weight excluding hydrogens is 298 g/mol. The maximum Gasteiger partial charge on any atom is 0.314 e. The van der Waals surface area contributed by atoms with Crippen LogP contribution in [0, 0.1) is 11.6 Å². The summed E-state index contributed by atoms with van der Waals surface area (Å²) in [5, 5.41) is 9.17. The zero-order valence-corrected chi connectivity index (χ0v) is 11.6. The van der Waals surface area contributed by atoms with E-state index in [0.717, 1.165) is 0 Å². The third-order valence-corrected chi connectivity index (χ3v) is 4.19. The Bertz CT molecular complexity index is 739. The summed E-state index contributed by atoms with van der Waals surface area (Å²) in [4.78, 5) is 11.2. The van der Waals surface area contributed by atoms with Gasteiger partial charge in [0.2, 0.25) is 0 Å². The Labute approximate surface area is 125 Å². The van der Waals surface area contributed by atoms with E-state index in [-0.39, 0.29) is 10.6 Å². The predicted molar refractivity (Wildman–Crippen MR) is 75.4 cm³/mol. The van der Waals surface area contributed by atoms with Crippen LogP contribution in [-0.2, 0) is 10.2 Å². The highest BCUT2D eigenvalue weighted by Gasteiger charge is 2.53. The van der Waals surface area contributed by atoms with Gasteiger partial charge in [-0.2, -0.15) is 0 Å². The van der Waals surface area contributed by atoms with E-state index in [4.69, 9.17) is 11.6 Å². The third-order valence-electron chi connectivity index (χ3n) is 3.90. The molecule has 0 heterocycles. The quantitative estimate of drug-likeness (QED) is 0.912. The molecule has 21 heavy (non-hydrogen) atoms. The van der Waals surface area contributed by atoms with Gasteiger partial charge in [0.05, 0.1) is 10.4 Å². The fourth-order valence-electron chi connectivity index (χ4n) is 2.48.